The van der Waals surface area contributed by atoms with Crippen LogP contribution in [0.25, 0.3) is 11.4 Å². The van der Waals surface area contributed by atoms with Crippen molar-refractivity contribution in [3.8, 4) is 11.4 Å². The van der Waals surface area contributed by atoms with Crippen LogP contribution in [-0.2, 0) is 11.2 Å². The predicted molar refractivity (Wildman–Crippen MR) is 124 cm³/mol. The third-order valence-electron chi connectivity index (χ3n) is 5.56. The molecule has 1 aromatic heterocycles. The summed E-state index contributed by atoms with van der Waals surface area (Å²) in [4.78, 5) is 8.45. The quantitative estimate of drug-likeness (QED) is 0.413. The smallest absolute Gasteiger partial charge is 0.162 e. The average molecular weight is 431 g/mol. The van der Waals surface area contributed by atoms with Gasteiger partial charge in [-0.1, -0.05) is 51.2 Å². The van der Waals surface area contributed by atoms with E-state index in [1.165, 1.54) is 51.0 Å². The van der Waals surface area contributed by atoms with Crippen LogP contribution < -0.4 is 0 Å². The molecule has 0 saturated carbocycles. The van der Waals surface area contributed by atoms with E-state index < -0.39 is 0 Å². The number of hydrogen-bond donors (Lipinski definition) is 1. The molecule has 0 spiro atoms. The van der Waals surface area contributed by atoms with Gasteiger partial charge < -0.3 is 9.84 Å². The van der Waals surface area contributed by atoms with E-state index in [0.29, 0.717) is 17.5 Å². The molecular weight excluding hydrogens is 391 g/mol. The first-order valence-electron chi connectivity index (χ1n) is 12.0. The number of aliphatic hydroxyl groups excluding tert-OH is 1. The molecule has 0 aliphatic carbocycles. The Bertz CT molecular complexity index is 716. The first-order chi connectivity index (χ1) is 15.1. The van der Waals surface area contributed by atoms with E-state index in [-0.39, 0.29) is 11.9 Å². The number of rotatable bonds is 11. The summed E-state index contributed by atoms with van der Waals surface area (Å²) in [6, 6.07) is 6.50. The number of hydrogen-bond acceptors (Lipinski definition) is 4. The summed E-state index contributed by atoms with van der Waals surface area (Å²) in [5, 5.41) is 9.18. The molecule has 4 nitrogen and oxygen atoms in total. The summed E-state index contributed by atoms with van der Waals surface area (Å²) >= 11 is 0. The molecule has 2 heterocycles. The Hall–Kier alpha value is -1.85. The van der Waals surface area contributed by atoms with Gasteiger partial charge in [-0.05, 0) is 63.1 Å². The van der Waals surface area contributed by atoms with Gasteiger partial charge in [0.2, 0.25) is 0 Å². The fourth-order valence-corrected chi connectivity index (χ4v) is 3.71. The van der Waals surface area contributed by atoms with Crippen molar-refractivity contribution in [3.05, 3.63) is 48.0 Å². The molecule has 1 aromatic carbocycles. The topological polar surface area (TPSA) is 55.2 Å². The normalized spacial score (nSPS) is 16.6. The molecule has 2 atom stereocenters. The van der Waals surface area contributed by atoms with Crippen LogP contribution in [0.15, 0.2) is 36.7 Å². The fourth-order valence-electron chi connectivity index (χ4n) is 3.71. The summed E-state index contributed by atoms with van der Waals surface area (Å²) < 4.78 is 19.1. The van der Waals surface area contributed by atoms with Gasteiger partial charge in [-0.3, -0.25) is 0 Å². The van der Waals surface area contributed by atoms with Crippen molar-refractivity contribution in [1.29, 1.82) is 0 Å². The van der Waals surface area contributed by atoms with Gasteiger partial charge in [-0.15, -0.1) is 0 Å². The van der Waals surface area contributed by atoms with E-state index >= 15 is 0 Å². The van der Waals surface area contributed by atoms with Crippen LogP contribution in [-0.4, -0.2) is 33.9 Å². The fraction of sp³-hybridized carbons (Fsp3) is 0.615. The van der Waals surface area contributed by atoms with Crippen molar-refractivity contribution in [2.45, 2.75) is 96.7 Å². The van der Waals surface area contributed by atoms with Crippen LogP contribution in [0.1, 0.15) is 83.6 Å². The van der Waals surface area contributed by atoms with Gasteiger partial charge in [0.05, 0.1) is 17.8 Å². The summed E-state index contributed by atoms with van der Waals surface area (Å²) in [5.74, 6) is 0.105. The number of aliphatic hydroxyl groups is 1. The van der Waals surface area contributed by atoms with Crippen molar-refractivity contribution in [1.82, 2.24) is 9.97 Å². The number of unbranched alkanes of at least 4 members (excludes halogenated alkanes) is 4. The second kappa shape index (κ2) is 15.0. The maximum absolute atomic E-state index is 13.6. The van der Waals surface area contributed by atoms with Gasteiger partial charge in [-0.2, -0.15) is 0 Å². The van der Waals surface area contributed by atoms with Gasteiger partial charge in [0.15, 0.2) is 5.82 Å². The van der Waals surface area contributed by atoms with Crippen molar-refractivity contribution in [2.75, 3.05) is 6.61 Å². The van der Waals surface area contributed by atoms with Gasteiger partial charge >= 0.3 is 0 Å². The summed E-state index contributed by atoms with van der Waals surface area (Å²) in [6.07, 6.45) is 17.0. The predicted octanol–water partition coefficient (Wildman–Crippen LogP) is 6.51. The minimum Gasteiger partial charge on any atom is -0.393 e. The Morgan fingerprint density at radius 2 is 1.87 bits per heavy atom. The summed E-state index contributed by atoms with van der Waals surface area (Å²) in [7, 11) is 0. The van der Waals surface area contributed by atoms with Gasteiger partial charge in [-0.25, -0.2) is 14.4 Å². The van der Waals surface area contributed by atoms with Gasteiger partial charge in [0, 0.05) is 19.0 Å². The van der Waals surface area contributed by atoms with Gasteiger partial charge in [0.25, 0.3) is 0 Å². The SMILES string of the molecule is CC(O)CCCCc1cnc(-c2ccccc2F)nc1.CCCCCCC1CCCO1. The molecule has 2 aromatic rings. The van der Waals surface area contributed by atoms with Crippen molar-refractivity contribution in [3.63, 3.8) is 0 Å². The molecule has 3 rings (SSSR count). The molecule has 1 N–H and O–H groups in total. The first kappa shape index (κ1) is 25.4. The van der Waals surface area contributed by atoms with Crippen LogP contribution in [0, 0.1) is 5.82 Å². The van der Waals surface area contributed by atoms with E-state index in [1.54, 1.807) is 37.5 Å². The summed E-state index contributed by atoms with van der Waals surface area (Å²) in [5.41, 5.74) is 1.46. The standard InChI is InChI=1S/C16H19FN2O.C10H20O/c1-12(20)6-2-3-7-13-10-18-16(19-11-13)14-8-4-5-9-15(14)17;1-2-3-4-5-7-10-8-6-9-11-10/h4-5,8-12,20H,2-3,6-7H2,1H3;10H,2-9H2,1H3. The first-order valence-corrected chi connectivity index (χ1v) is 12.0. The Balaban J connectivity index is 0.000000262. The Kier molecular flexibility index (Phi) is 12.3. The molecule has 0 amide bonds. The minimum absolute atomic E-state index is 0.241. The van der Waals surface area contributed by atoms with Gasteiger partial charge in [0.1, 0.15) is 5.82 Å². The Labute approximate surface area is 187 Å². The third kappa shape index (κ3) is 10.3. The largest absolute Gasteiger partial charge is 0.393 e. The molecule has 172 valence electrons. The van der Waals surface area contributed by atoms with Crippen LogP contribution in [0.5, 0.6) is 0 Å². The van der Waals surface area contributed by atoms with E-state index in [4.69, 9.17) is 4.74 Å². The lowest BCUT2D eigenvalue weighted by Gasteiger charge is -2.07. The lowest BCUT2D eigenvalue weighted by atomic mass is 10.1. The van der Waals surface area contributed by atoms with Crippen LogP contribution in [0.4, 0.5) is 4.39 Å². The number of aryl methyl sites for hydroxylation is 1. The second-order valence-electron chi connectivity index (χ2n) is 8.47. The number of benzene rings is 1. The maximum atomic E-state index is 13.6. The van der Waals surface area contributed by atoms with Crippen LogP contribution >= 0.6 is 0 Å². The van der Waals surface area contributed by atoms with Crippen molar-refractivity contribution in [2.24, 2.45) is 0 Å². The summed E-state index contributed by atoms with van der Waals surface area (Å²) in [6.45, 7) is 5.07. The van der Waals surface area contributed by atoms with Crippen molar-refractivity contribution >= 4 is 0 Å². The van der Waals surface area contributed by atoms with E-state index in [1.807, 2.05) is 0 Å². The lowest BCUT2D eigenvalue weighted by Crippen LogP contribution is -2.03. The number of aromatic nitrogens is 2. The highest BCUT2D eigenvalue weighted by molar-refractivity contribution is 5.55. The zero-order chi connectivity index (χ0) is 22.3. The molecule has 31 heavy (non-hydrogen) atoms. The highest BCUT2D eigenvalue weighted by Crippen LogP contribution is 2.19. The monoisotopic (exact) mass is 430 g/mol. The maximum Gasteiger partial charge on any atom is 0.162 e. The molecule has 0 bridgehead atoms. The molecule has 5 heteroatoms. The molecule has 1 aliphatic heterocycles. The van der Waals surface area contributed by atoms with Crippen LogP contribution in [0.2, 0.25) is 0 Å². The third-order valence-corrected chi connectivity index (χ3v) is 5.56. The highest BCUT2D eigenvalue weighted by Gasteiger charge is 2.14. The molecular formula is C26H39FN2O2. The average Bonchev–Trinajstić information content (AvgIpc) is 3.29. The van der Waals surface area contributed by atoms with E-state index in [2.05, 4.69) is 16.9 Å². The van der Waals surface area contributed by atoms with E-state index in [9.17, 15) is 9.50 Å². The second-order valence-corrected chi connectivity index (χ2v) is 8.47. The number of halogens is 1. The minimum atomic E-state index is -0.308. The Morgan fingerprint density at radius 3 is 2.52 bits per heavy atom. The lowest BCUT2D eigenvalue weighted by molar-refractivity contribution is 0.102. The molecule has 2 unspecified atom stereocenters. The van der Waals surface area contributed by atoms with Crippen LogP contribution in [0.3, 0.4) is 0 Å². The molecule has 0 radical (unpaired) electrons. The molecule has 1 saturated heterocycles. The molecule has 1 fully saturated rings. The Morgan fingerprint density at radius 1 is 1.10 bits per heavy atom. The van der Waals surface area contributed by atoms with E-state index in [0.717, 1.165) is 37.9 Å². The number of ether oxygens (including phenoxy) is 1. The highest BCUT2D eigenvalue weighted by atomic mass is 19.1. The zero-order valence-corrected chi connectivity index (χ0v) is 19.2. The zero-order valence-electron chi connectivity index (χ0n) is 19.2. The van der Waals surface area contributed by atoms with Crippen molar-refractivity contribution < 1.29 is 14.2 Å². The number of nitrogens with zero attached hydrogens (tertiary/aromatic N) is 2. The molecule has 1 aliphatic rings.